The Kier molecular flexibility index (Phi) is 5.97. The first-order valence-electron chi connectivity index (χ1n) is 11.4. The van der Waals surface area contributed by atoms with Crippen molar-refractivity contribution in [3.8, 4) is 5.75 Å². The van der Waals surface area contributed by atoms with Crippen molar-refractivity contribution < 1.29 is 10.0 Å². The van der Waals surface area contributed by atoms with Crippen molar-refractivity contribution in [2.45, 2.75) is 18.9 Å². The second-order valence-electron chi connectivity index (χ2n) is 8.79. The van der Waals surface area contributed by atoms with Crippen molar-refractivity contribution in [1.82, 2.24) is 4.57 Å². The molecule has 1 atom stereocenters. The van der Waals surface area contributed by atoms with Gasteiger partial charge in [0.05, 0.1) is 21.2 Å². The fraction of sp³-hybridized carbons (Fsp3) is 0.111. The topological polar surface area (TPSA) is 97.7 Å². The van der Waals surface area contributed by atoms with E-state index in [9.17, 15) is 20.0 Å². The van der Waals surface area contributed by atoms with E-state index in [4.69, 9.17) is 4.99 Å². The molecule has 0 unspecified atom stereocenters. The second kappa shape index (κ2) is 9.20. The molecular weight excluding hydrogens is 622 g/mol. The van der Waals surface area contributed by atoms with Crippen molar-refractivity contribution in [2.75, 3.05) is 0 Å². The molecule has 0 saturated carbocycles. The maximum absolute atomic E-state index is 13.8. The highest BCUT2D eigenvalue weighted by Crippen LogP contribution is 2.41. The van der Waals surface area contributed by atoms with Crippen molar-refractivity contribution in [1.29, 1.82) is 0 Å². The molecule has 1 aromatic heterocycles. The predicted molar refractivity (Wildman–Crippen MR) is 149 cm³/mol. The zero-order chi connectivity index (χ0) is 25.8. The molecule has 0 bridgehead atoms. The molecule has 4 aromatic rings. The number of hydrogen-bond acceptors (Lipinski definition) is 6. The number of aryl methyl sites for hydroxylation is 1. The molecule has 0 fully saturated rings. The smallest absolute Gasteiger partial charge is 0.312 e. The number of aromatic nitrogens is 1. The number of phenolic OH excluding ortho intramolecular Hbond substituents is 1. The van der Waals surface area contributed by atoms with Gasteiger partial charge in [-0.2, -0.15) is 0 Å². The Labute approximate surface area is 231 Å². The van der Waals surface area contributed by atoms with Gasteiger partial charge in [0.1, 0.15) is 0 Å². The minimum Gasteiger partial charge on any atom is -0.502 e. The van der Waals surface area contributed by atoms with Crippen LogP contribution in [-0.4, -0.2) is 14.6 Å². The van der Waals surface area contributed by atoms with Gasteiger partial charge in [0.15, 0.2) is 4.80 Å². The first kappa shape index (κ1) is 24.0. The summed E-state index contributed by atoms with van der Waals surface area (Å²) in [4.78, 5) is 30.1. The third kappa shape index (κ3) is 4.09. The Morgan fingerprint density at radius 2 is 1.84 bits per heavy atom. The van der Waals surface area contributed by atoms with Crippen LogP contribution in [0.3, 0.4) is 0 Å². The number of nitro groups is 1. The van der Waals surface area contributed by atoms with Gasteiger partial charge in [-0.05, 0) is 53.8 Å². The van der Waals surface area contributed by atoms with Crippen LogP contribution >= 0.6 is 43.2 Å². The number of nitro benzene ring substituents is 1. The predicted octanol–water partition coefficient (Wildman–Crippen LogP) is 5.46. The average Bonchev–Trinajstić information content (AvgIpc) is 3.19. The van der Waals surface area contributed by atoms with Crippen LogP contribution < -0.4 is 14.9 Å². The Hall–Kier alpha value is -3.34. The van der Waals surface area contributed by atoms with Gasteiger partial charge in [-0.25, -0.2) is 4.99 Å². The van der Waals surface area contributed by atoms with E-state index in [0.717, 1.165) is 39.7 Å². The average molecular weight is 639 g/mol. The monoisotopic (exact) mass is 637 g/mol. The standard InChI is InChI=1S/C27H17Br2N3O4S/c28-17-8-5-15(6-9-17)24-20-10-7-14-3-1-2-4-19(14)23(20)30-27-31(24)26(34)22(37-27)12-16-11-18(29)13-21(25(16)33)32(35)36/h1-6,8-9,11-13,24,33H,7,10H2/b22-12-/t24-/m1/s1. The Balaban J connectivity index is 1.62. The lowest BCUT2D eigenvalue weighted by molar-refractivity contribution is -0.385. The fourth-order valence-corrected chi connectivity index (χ4v) is 6.68. The molecular formula is C27H17Br2N3O4S. The van der Waals surface area contributed by atoms with Crippen molar-refractivity contribution in [2.24, 2.45) is 4.99 Å². The molecule has 37 heavy (non-hydrogen) atoms. The van der Waals surface area contributed by atoms with Gasteiger partial charge >= 0.3 is 5.69 Å². The summed E-state index contributed by atoms with van der Waals surface area (Å²) >= 11 is 7.97. The van der Waals surface area contributed by atoms with E-state index in [0.29, 0.717) is 13.8 Å². The van der Waals surface area contributed by atoms with Crippen LogP contribution in [0.4, 0.5) is 5.69 Å². The SMILES string of the molecule is O=c1/c(=C/c2cc(Br)cc([N+](=O)[O-])c2O)sc2n1[C@H](c1ccc(Br)cc1)C1=C(N=2)c2ccccc2CC1. The van der Waals surface area contributed by atoms with Gasteiger partial charge in [-0.15, -0.1) is 0 Å². The third-order valence-corrected chi connectivity index (χ3v) is 8.60. The lowest BCUT2D eigenvalue weighted by atomic mass is 9.83. The number of fused-ring (bicyclic) bond motifs is 3. The molecule has 1 aliphatic carbocycles. The van der Waals surface area contributed by atoms with E-state index >= 15 is 0 Å². The molecule has 10 heteroatoms. The molecule has 184 valence electrons. The van der Waals surface area contributed by atoms with E-state index < -0.39 is 16.4 Å². The van der Waals surface area contributed by atoms with Crippen LogP contribution in [0.5, 0.6) is 5.75 Å². The number of hydrogen-bond donors (Lipinski definition) is 1. The number of allylic oxidation sites excluding steroid dienone is 1. The van der Waals surface area contributed by atoms with Crippen molar-refractivity contribution >= 4 is 60.7 Å². The highest BCUT2D eigenvalue weighted by Gasteiger charge is 2.32. The quantitative estimate of drug-likeness (QED) is 0.238. The van der Waals surface area contributed by atoms with E-state index in [1.807, 2.05) is 36.4 Å². The van der Waals surface area contributed by atoms with Crippen LogP contribution in [-0.2, 0) is 6.42 Å². The Morgan fingerprint density at radius 1 is 1.08 bits per heavy atom. The van der Waals surface area contributed by atoms with Gasteiger partial charge in [0.25, 0.3) is 5.56 Å². The van der Waals surface area contributed by atoms with Gasteiger partial charge in [0.2, 0.25) is 5.75 Å². The number of halogens is 2. The zero-order valence-electron chi connectivity index (χ0n) is 19.0. The molecule has 2 heterocycles. The third-order valence-electron chi connectivity index (χ3n) is 6.63. The summed E-state index contributed by atoms with van der Waals surface area (Å²) in [5.74, 6) is -0.489. The summed E-state index contributed by atoms with van der Waals surface area (Å²) in [6.07, 6.45) is 3.13. The molecule has 0 spiro atoms. The molecule has 7 nitrogen and oxygen atoms in total. The minimum absolute atomic E-state index is 0.181. The molecule has 0 saturated heterocycles. The highest BCUT2D eigenvalue weighted by molar-refractivity contribution is 9.10. The minimum atomic E-state index is -0.655. The number of rotatable bonds is 3. The summed E-state index contributed by atoms with van der Waals surface area (Å²) in [6.45, 7) is 0. The Morgan fingerprint density at radius 3 is 2.59 bits per heavy atom. The van der Waals surface area contributed by atoms with Gasteiger partial charge in [-0.3, -0.25) is 19.5 Å². The lowest BCUT2D eigenvalue weighted by Crippen LogP contribution is -2.38. The largest absolute Gasteiger partial charge is 0.502 e. The second-order valence-corrected chi connectivity index (χ2v) is 11.6. The van der Waals surface area contributed by atoms with Crippen LogP contribution in [0.1, 0.15) is 34.7 Å². The molecule has 2 aliphatic rings. The highest BCUT2D eigenvalue weighted by atomic mass is 79.9. The zero-order valence-corrected chi connectivity index (χ0v) is 23.0. The number of phenols is 1. The van der Waals surface area contributed by atoms with Crippen LogP contribution in [0, 0.1) is 10.1 Å². The van der Waals surface area contributed by atoms with E-state index in [2.05, 4.69) is 44.0 Å². The van der Waals surface area contributed by atoms with Crippen molar-refractivity contribution in [3.63, 3.8) is 0 Å². The van der Waals surface area contributed by atoms with Crippen LogP contribution in [0.15, 0.2) is 85.0 Å². The number of nitrogens with zero attached hydrogens (tertiary/aromatic N) is 3. The maximum atomic E-state index is 13.8. The lowest BCUT2D eigenvalue weighted by Gasteiger charge is -2.30. The molecule has 1 N–H and O–H groups in total. The molecule has 0 amide bonds. The summed E-state index contributed by atoms with van der Waals surface area (Å²) in [5.41, 5.74) is 4.73. The normalized spacial score (nSPS) is 16.6. The Bertz CT molecular complexity index is 1820. The van der Waals surface area contributed by atoms with E-state index in [-0.39, 0.29) is 17.2 Å². The summed E-state index contributed by atoms with van der Waals surface area (Å²) in [7, 11) is 0. The number of thiazole rings is 1. The molecule has 3 aromatic carbocycles. The molecule has 1 aliphatic heterocycles. The summed E-state index contributed by atoms with van der Waals surface area (Å²) in [6, 6.07) is 18.6. The van der Waals surface area contributed by atoms with Crippen molar-refractivity contribution in [3.05, 3.63) is 127 Å². The maximum Gasteiger partial charge on any atom is 0.312 e. The first-order chi connectivity index (χ1) is 17.8. The van der Waals surface area contributed by atoms with E-state index in [1.165, 1.54) is 29.0 Å². The van der Waals surface area contributed by atoms with Crippen LogP contribution in [0.2, 0.25) is 0 Å². The van der Waals surface area contributed by atoms with Gasteiger partial charge in [0, 0.05) is 26.1 Å². The summed E-state index contributed by atoms with van der Waals surface area (Å²) in [5, 5.41) is 21.9. The van der Waals surface area contributed by atoms with Gasteiger partial charge in [-0.1, -0.05) is 79.6 Å². The molecule has 6 rings (SSSR count). The fourth-order valence-electron chi connectivity index (χ4n) is 4.96. The molecule has 0 radical (unpaired) electrons. The number of aromatic hydroxyl groups is 1. The van der Waals surface area contributed by atoms with Gasteiger partial charge < -0.3 is 5.11 Å². The summed E-state index contributed by atoms with van der Waals surface area (Å²) < 4.78 is 3.40. The number of benzene rings is 3. The first-order valence-corrected chi connectivity index (χ1v) is 13.8. The van der Waals surface area contributed by atoms with Crippen LogP contribution in [0.25, 0.3) is 11.8 Å². The van der Waals surface area contributed by atoms with E-state index in [1.54, 1.807) is 10.6 Å².